The van der Waals surface area contributed by atoms with Crippen molar-refractivity contribution in [3.05, 3.63) is 74.7 Å². The van der Waals surface area contributed by atoms with Gasteiger partial charge < -0.3 is 4.98 Å². The zero-order valence-corrected chi connectivity index (χ0v) is 10.7. The van der Waals surface area contributed by atoms with Gasteiger partial charge in [0, 0.05) is 0 Å². The molecule has 0 bridgehead atoms. The van der Waals surface area contributed by atoms with Gasteiger partial charge in [0.05, 0.1) is 16.6 Å². The molecule has 0 unspecified atom stereocenters. The highest BCUT2D eigenvalue weighted by Gasteiger charge is 2.10. The number of H-pyrrole nitrogens is 1. The normalized spacial score (nSPS) is 10.9. The molecule has 5 heteroatoms. The minimum absolute atomic E-state index is 0.208. The van der Waals surface area contributed by atoms with Crippen LogP contribution in [0.1, 0.15) is 5.56 Å². The molecular formula is C15H11FN2O2. The fraction of sp³-hybridized carbons (Fsp3) is 0.0667. The van der Waals surface area contributed by atoms with E-state index in [1.54, 1.807) is 12.1 Å². The van der Waals surface area contributed by atoms with Crippen molar-refractivity contribution in [1.29, 1.82) is 0 Å². The number of nitrogens with zero attached hydrogens (tertiary/aromatic N) is 1. The fourth-order valence-corrected chi connectivity index (χ4v) is 2.24. The van der Waals surface area contributed by atoms with Crippen LogP contribution in [0.4, 0.5) is 4.39 Å². The van der Waals surface area contributed by atoms with Gasteiger partial charge >= 0.3 is 5.69 Å². The SMILES string of the molecule is Cc1cccc2c(=O)n(-c3cccc(F)c3)c(=O)[nH]c12. The molecule has 0 aliphatic carbocycles. The molecule has 0 saturated carbocycles. The van der Waals surface area contributed by atoms with Crippen molar-refractivity contribution in [2.24, 2.45) is 0 Å². The average molecular weight is 270 g/mol. The third-order valence-electron chi connectivity index (χ3n) is 3.21. The molecule has 0 atom stereocenters. The van der Waals surface area contributed by atoms with Crippen LogP contribution in [-0.4, -0.2) is 9.55 Å². The van der Waals surface area contributed by atoms with Gasteiger partial charge in [0.1, 0.15) is 5.82 Å². The van der Waals surface area contributed by atoms with E-state index in [1.807, 2.05) is 13.0 Å². The van der Waals surface area contributed by atoms with E-state index in [2.05, 4.69) is 4.98 Å². The van der Waals surface area contributed by atoms with E-state index in [4.69, 9.17) is 0 Å². The van der Waals surface area contributed by atoms with Gasteiger partial charge in [-0.25, -0.2) is 13.8 Å². The molecule has 20 heavy (non-hydrogen) atoms. The Kier molecular flexibility index (Phi) is 2.75. The van der Waals surface area contributed by atoms with E-state index in [0.717, 1.165) is 16.2 Å². The van der Waals surface area contributed by atoms with E-state index in [9.17, 15) is 14.0 Å². The molecular weight excluding hydrogens is 259 g/mol. The molecule has 0 fully saturated rings. The number of benzene rings is 2. The smallest absolute Gasteiger partial charge is 0.306 e. The Morgan fingerprint density at radius 3 is 2.60 bits per heavy atom. The zero-order valence-electron chi connectivity index (χ0n) is 10.7. The first-order valence-corrected chi connectivity index (χ1v) is 6.08. The number of para-hydroxylation sites is 1. The molecule has 0 spiro atoms. The number of fused-ring (bicyclic) bond motifs is 1. The summed E-state index contributed by atoms with van der Waals surface area (Å²) in [5, 5.41) is 0.397. The molecule has 0 aliphatic heterocycles. The van der Waals surface area contributed by atoms with Crippen LogP contribution >= 0.6 is 0 Å². The highest BCUT2D eigenvalue weighted by Crippen LogP contribution is 2.12. The number of rotatable bonds is 1. The van der Waals surface area contributed by atoms with E-state index < -0.39 is 17.1 Å². The molecule has 2 aromatic carbocycles. The van der Waals surface area contributed by atoms with Gasteiger partial charge in [-0.2, -0.15) is 0 Å². The Balaban J connectivity index is 2.44. The summed E-state index contributed by atoms with van der Waals surface area (Å²) in [6.07, 6.45) is 0. The highest BCUT2D eigenvalue weighted by molar-refractivity contribution is 5.80. The number of aromatic amines is 1. The maximum Gasteiger partial charge on any atom is 0.333 e. The standard InChI is InChI=1S/C15H11FN2O2/c1-9-4-2-7-12-13(9)17-15(20)18(14(12)19)11-6-3-5-10(16)8-11/h2-8H,1H3,(H,17,20). The van der Waals surface area contributed by atoms with Crippen LogP contribution in [0.2, 0.25) is 0 Å². The lowest BCUT2D eigenvalue weighted by atomic mass is 10.1. The van der Waals surface area contributed by atoms with Crippen LogP contribution < -0.4 is 11.2 Å². The van der Waals surface area contributed by atoms with Gasteiger partial charge in [0.25, 0.3) is 5.56 Å². The van der Waals surface area contributed by atoms with Gasteiger partial charge in [0.2, 0.25) is 0 Å². The van der Waals surface area contributed by atoms with Crippen molar-refractivity contribution in [3.8, 4) is 5.69 Å². The molecule has 0 saturated heterocycles. The van der Waals surface area contributed by atoms with Crippen molar-refractivity contribution in [1.82, 2.24) is 9.55 Å². The first-order chi connectivity index (χ1) is 9.58. The number of nitrogens with one attached hydrogen (secondary N) is 1. The Labute approximate surface area is 113 Å². The molecule has 0 radical (unpaired) electrons. The second kappa shape index (κ2) is 4.45. The summed E-state index contributed by atoms with van der Waals surface area (Å²) in [6, 6.07) is 10.6. The molecule has 3 aromatic rings. The van der Waals surface area contributed by atoms with Crippen LogP contribution in [0.5, 0.6) is 0 Å². The molecule has 0 amide bonds. The Morgan fingerprint density at radius 2 is 1.85 bits per heavy atom. The van der Waals surface area contributed by atoms with E-state index in [0.29, 0.717) is 10.9 Å². The summed E-state index contributed by atoms with van der Waals surface area (Å²) in [4.78, 5) is 27.2. The number of aromatic nitrogens is 2. The van der Waals surface area contributed by atoms with Crippen LogP contribution in [0.3, 0.4) is 0 Å². The average Bonchev–Trinajstić information content (AvgIpc) is 2.40. The Bertz CT molecular complexity index is 925. The van der Waals surface area contributed by atoms with Crippen molar-refractivity contribution >= 4 is 10.9 Å². The maximum absolute atomic E-state index is 13.3. The molecule has 100 valence electrons. The first-order valence-electron chi connectivity index (χ1n) is 6.08. The molecule has 0 aliphatic rings. The predicted octanol–water partition coefficient (Wildman–Crippen LogP) is 2.13. The largest absolute Gasteiger partial charge is 0.333 e. The minimum Gasteiger partial charge on any atom is -0.306 e. The number of hydrogen-bond acceptors (Lipinski definition) is 2. The highest BCUT2D eigenvalue weighted by atomic mass is 19.1. The minimum atomic E-state index is -0.581. The summed E-state index contributed by atoms with van der Waals surface area (Å²) in [6.45, 7) is 1.81. The number of hydrogen-bond donors (Lipinski definition) is 1. The maximum atomic E-state index is 13.3. The van der Waals surface area contributed by atoms with E-state index in [-0.39, 0.29) is 5.69 Å². The summed E-state index contributed by atoms with van der Waals surface area (Å²) >= 11 is 0. The number of halogens is 1. The fourth-order valence-electron chi connectivity index (χ4n) is 2.24. The molecule has 4 nitrogen and oxygen atoms in total. The van der Waals surface area contributed by atoms with Gasteiger partial charge in [-0.3, -0.25) is 4.79 Å². The number of aryl methyl sites for hydroxylation is 1. The van der Waals surface area contributed by atoms with Crippen molar-refractivity contribution in [2.45, 2.75) is 6.92 Å². The summed E-state index contributed by atoms with van der Waals surface area (Å²) in [5.41, 5.74) is 0.485. The second-order valence-electron chi connectivity index (χ2n) is 4.55. The summed E-state index contributed by atoms with van der Waals surface area (Å²) in [7, 11) is 0. The van der Waals surface area contributed by atoms with Gasteiger partial charge in [-0.05, 0) is 36.8 Å². The Morgan fingerprint density at radius 1 is 1.10 bits per heavy atom. The lowest BCUT2D eigenvalue weighted by molar-refractivity contribution is 0.626. The molecule has 1 N–H and O–H groups in total. The van der Waals surface area contributed by atoms with E-state index >= 15 is 0 Å². The zero-order chi connectivity index (χ0) is 14.3. The lowest BCUT2D eigenvalue weighted by Gasteiger charge is -2.07. The van der Waals surface area contributed by atoms with Crippen LogP contribution in [0.25, 0.3) is 16.6 Å². The van der Waals surface area contributed by atoms with Crippen LogP contribution in [0, 0.1) is 12.7 Å². The molecule has 3 rings (SSSR count). The van der Waals surface area contributed by atoms with Crippen molar-refractivity contribution in [2.75, 3.05) is 0 Å². The summed E-state index contributed by atoms with van der Waals surface area (Å²) in [5.74, 6) is -0.502. The lowest BCUT2D eigenvalue weighted by Crippen LogP contribution is -2.33. The third-order valence-corrected chi connectivity index (χ3v) is 3.21. The van der Waals surface area contributed by atoms with Crippen LogP contribution in [0.15, 0.2) is 52.1 Å². The van der Waals surface area contributed by atoms with E-state index in [1.165, 1.54) is 18.2 Å². The molecule has 1 aromatic heterocycles. The summed E-state index contributed by atoms with van der Waals surface area (Å²) < 4.78 is 14.2. The van der Waals surface area contributed by atoms with Gasteiger partial charge in [-0.1, -0.05) is 18.2 Å². The second-order valence-corrected chi connectivity index (χ2v) is 4.55. The van der Waals surface area contributed by atoms with Crippen molar-refractivity contribution in [3.63, 3.8) is 0 Å². The quantitative estimate of drug-likeness (QED) is 0.736. The first kappa shape index (κ1) is 12.3. The van der Waals surface area contributed by atoms with Crippen molar-refractivity contribution < 1.29 is 4.39 Å². The van der Waals surface area contributed by atoms with Gasteiger partial charge in [0.15, 0.2) is 0 Å². The van der Waals surface area contributed by atoms with Gasteiger partial charge in [-0.15, -0.1) is 0 Å². The monoisotopic (exact) mass is 270 g/mol. The third kappa shape index (κ3) is 1.84. The van der Waals surface area contributed by atoms with Crippen LogP contribution in [-0.2, 0) is 0 Å². The molecule has 1 heterocycles. The topological polar surface area (TPSA) is 54.9 Å². The predicted molar refractivity (Wildman–Crippen MR) is 74.9 cm³/mol. The Hall–Kier alpha value is -2.69.